The zero-order valence-electron chi connectivity index (χ0n) is 10.9. The number of methoxy groups -OCH3 is 1. The molecular formula is C13H16BrNO4. The minimum Gasteiger partial charge on any atom is -0.486 e. The van der Waals surface area contributed by atoms with E-state index in [1.165, 1.54) is 7.11 Å². The van der Waals surface area contributed by atoms with Crippen LogP contribution < -0.4 is 14.8 Å². The number of benzene rings is 1. The second-order valence-electron chi connectivity index (χ2n) is 4.20. The first kappa shape index (κ1) is 14.1. The lowest BCUT2D eigenvalue weighted by molar-refractivity contribution is -0.139. The Morgan fingerprint density at radius 1 is 1.42 bits per heavy atom. The number of halogens is 1. The monoisotopic (exact) mass is 329 g/mol. The Morgan fingerprint density at radius 2 is 2.05 bits per heavy atom. The van der Waals surface area contributed by atoms with Gasteiger partial charge >= 0.3 is 5.97 Å². The van der Waals surface area contributed by atoms with Crippen LogP contribution in [0.4, 0.5) is 0 Å². The Bertz CT molecular complexity index is 478. The van der Waals surface area contributed by atoms with Crippen LogP contribution in [-0.4, -0.2) is 32.8 Å². The summed E-state index contributed by atoms with van der Waals surface area (Å²) in [6.45, 7) is 3.25. The van der Waals surface area contributed by atoms with Crippen molar-refractivity contribution in [1.82, 2.24) is 5.32 Å². The lowest BCUT2D eigenvalue weighted by atomic mass is 10.1. The molecule has 2 rings (SSSR count). The lowest BCUT2D eigenvalue weighted by Crippen LogP contribution is -2.27. The van der Waals surface area contributed by atoms with E-state index in [0.717, 1.165) is 21.5 Å². The van der Waals surface area contributed by atoms with Gasteiger partial charge in [-0.3, -0.25) is 4.79 Å². The SMILES string of the molecule is COC(=O)CN[C@@H](C)c1cc2c(cc1Br)OCCO2. The summed E-state index contributed by atoms with van der Waals surface area (Å²) in [4.78, 5) is 11.1. The van der Waals surface area contributed by atoms with E-state index in [1.54, 1.807) is 0 Å². The van der Waals surface area contributed by atoms with Crippen molar-refractivity contribution in [2.75, 3.05) is 26.9 Å². The van der Waals surface area contributed by atoms with Crippen LogP contribution in [0.2, 0.25) is 0 Å². The van der Waals surface area contributed by atoms with Crippen molar-refractivity contribution < 1.29 is 19.0 Å². The maximum Gasteiger partial charge on any atom is 0.319 e. The average molecular weight is 330 g/mol. The number of nitrogens with one attached hydrogen (secondary N) is 1. The predicted molar refractivity (Wildman–Crippen MR) is 73.6 cm³/mol. The molecule has 0 saturated carbocycles. The number of carbonyl (C=O) groups excluding carboxylic acids is 1. The molecule has 1 heterocycles. The highest BCUT2D eigenvalue weighted by Gasteiger charge is 2.18. The number of carbonyl (C=O) groups is 1. The number of esters is 1. The second kappa shape index (κ2) is 6.25. The van der Waals surface area contributed by atoms with Gasteiger partial charge < -0.3 is 19.5 Å². The van der Waals surface area contributed by atoms with E-state index >= 15 is 0 Å². The molecular weight excluding hydrogens is 314 g/mol. The third-order valence-electron chi connectivity index (χ3n) is 2.91. The Kier molecular flexibility index (Phi) is 4.66. The number of hydrogen-bond donors (Lipinski definition) is 1. The van der Waals surface area contributed by atoms with Gasteiger partial charge in [-0.1, -0.05) is 15.9 Å². The summed E-state index contributed by atoms with van der Waals surface area (Å²) < 4.78 is 16.6. The standard InChI is InChI=1S/C13H16BrNO4/c1-8(15-7-13(16)17-2)9-5-11-12(6-10(9)14)19-4-3-18-11/h5-6,8,15H,3-4,7H2,1-2H3/t8-/m0/s1. The van der Waals surface area contributed by atoms with Crippen molar-refractivity contribution in [3.05, 3.63) is 22.2 Å². The summed E-state index contributed by atoms with van der Waals surface area (Å²) in [6, 6.07) is 3.80. The summed E-state index contributed by atoms with van der Waals surface area (Å²) in [6.07, 6.45) is 0. The first-order valence-electron chi connectivity index (χ1n) is 6.01. The van der Waals surface area contributed by atoms with Crippen LogP contribution >= 0.6 is 15.9 Å². The molecule has 0 radical (unpaired) electrons. The number of rotatable bonds is 4. The Morgan fingerprint density at radius 3 is 2.68 bits per heavy atom. The minimum absolute atomic E-state index is 0.00991. The van der Waals surface area contributed by atoms with Crippen LogP contribution in [0.25, 0.3) is 0 Å². The minimum atomic E-state index is -0.291. The van der Waals surface area contributed by atoms with Gasteiger partial charge in [0.1, 0.15) is 13.2 Å². The fourth-order valence-electron chi connectivity index (χ4n) is 1.83. The van der Waals surface area contributed by atoms with Crippen LogP contribution in [0.5, 0.6) is 11.5 Å². The molecule has 1 atom stereocenters. The van der Waals surface area contributed by atoms with Gasteiger partial charge in [-0.15, -0.1) is 0 Å². The largest absolute Gasteiger partial charge is 0.486 e. The van der Waals surface area contributed by atoms with E-state index < -0.39 is 0 Å². The number of ether oxygens (including phenoxy) is 3. The molecule has 0 spiro atoms. The molecule has 1 aromatic rings. The van der Waals surface area contributed by atoms with E-state index in [2.05, 4.69) is 26.0 Å². The van der Waals surface area contributed by atoms with Crippen molar-refractivity contribution in [1.29, 1.82) is 0 Å². The molecule has 19 heavy (non-hydrogen) atoms. The average Bonchev–Trinajstić information content (AvgIpc) is 2.43. The van der Waals surface area contributed by atoms with Crippen molar-refractivity contribution in [3.63, 3.8) is 0 Å². The zero-order chi connectivity index (χ0) is 13.8. The topological polar surface area (TPSA) is 56.8 Å². The molecule has 0 saturated heterocycles. The van der Waals surface area contributed by atoms with E-state index in [9.17, 15) is 4.79 Å². The van der Waals surface area contributed by atoms with Gasteiger partial charge in [-0.25, -0.2) is 0 Å². The normalized spacial score (nSPS) is 14.9. The Labute approximate surface area is 120 Å². The van der Waals surface area contributed by atoms with Crippen LogP contribution in [0.3, 0.4) is 0 Å². The third-order valence-corrected chi connectivity index (χ3v) is 3.60. The molecule has 1 aliphatic heterocycles. The van der Waals surface area contributed by atoms with Gasteiger partial charge in [0.15, 0.2) is 11.5 Å². The number of hydrogen-bond acceptors (Lipinski definition) is 5. The molecule has 5 nitrogen and oxygen atoms in total. The Hall–Kier alpha value is -1.27. The second-order valence-corrected chi connectivity index (χ2v) is 5.05. The highest BCUT2D eigenvalue weighted by molar-refractivity contribution is 9.10. The molecule has 1 aromatic carbocycles. The maximum absolute atomic E-state index is 11.1. The molecule has 1 aliphatic rings. The molecule has 0 aromatic heterocycles. The van der Waals surface area contributed by atoms with Crippen molar-refractivity contribution in [2.24, 2.45) is 0 Å². The third kappa shape index (κ3) is 3.39. The van der Waals surface area contributed by atoms with Gasteiger partial charge in [-0.05, 0) is 24.6 Å². The molecule has 0 fully saturated rings. The van der Waals surface area contributed by atoms with Crippen LogP contribution in [-0.2, 0) is 9.53 Å². The van der Waals surface area contributed by atoms with Crippen LogP contribution in [0, 0.1) is 0 Å². The van der Waals surface area contributed by atoms with Gasteiger partial charge in [-0.2, -0.15) is 0 Å². The lowest BCUT2D eigenvalue weighted by Gasteiger charge is -2.22. The highest BCUT2D eigenvalue weighted by atomic mass is 79.9. The summed E-state index contributed by atoms with van der Waals surface area (Å²) in [7, 11) is 1.37. The van der Waals surface area contributed by atoms with Crippen molar-refractivity contribution in [2.45, 2.75) is 13.0 Å². The van der Waals surface area contributed by atoms with Crippen molar-refractivity contribution in [3.8, 4) is 11.5 Å². The quantitative estimate of drug-likeness (QED) is 0.857. The van der Waals surface area contributed by atoms with Crippen LogP contribution in [0.15, 0.2) is 16.6 Å². The fourth-order valence-corrected chi connectivity index (χ4v) is 2.50. The first-order chi connectivity index (χ1) is 9.11. The van der Waals surface area contributed by atoms with E-state index in [-0.39, 0.29) is 18.6 Å². The smallest absolute Gasteiger partial charge is 0.319 e. The highest BCUT2D eigenvalue weighted by Crippen LogP contribution is 2.37. The number of fused-ring (bicyclic) bond motifs is 1. The maximum atomic E-state index is 11.1. The van der Waals surface area contributed by atoms with Crippen molar-refractivity contribution >= 4 is 21.9 Å². The van der Waals surface area contributed by atoms with E-state index in [4.69, 9.17) is 9.47 Å². The fraction of sp³-hybridized carbons (Fsp3) is 0.462. The van der Waals surface area contributed by atoms with Gasteiger partial charge in [0.2, 0.25) is 0 Å². The molecule has 6 heteroatoms. The molecule has 0 amide bonds. The van der Waals surface area contributed by atoms with E-state index in [0.29, 0.717) is 13.2 Å². The van der Waals surface area contributed by atoms with Gasteiger partial charge in [0.25, 0.3) is 0 Å². The summed E-state index contributed by atoms with van der Waals surface area (Å²) >= 11 is 3.51. The predicted octanol–water partition coefficient (Wildman–Crippen LogP) is 2.04. The molecule has 0 unspecified atom stereocenters. The summed E-state index contributed by atoms with van der Waals surface area (Å²) in [5.41, 5.74) is 1.01. The Balaban J connectivity index is 2.12. The van der Waals surface area contributed by atoms with Gasteiger partial charge in [0, 0.05) is 10.5 Å². The summed E-state index contributed by atoms with van der Waals surface area (Å²) in [5, 5.41) is 3.10. The molecule has 1 N–H and O–H groups in total. The van der Waals surface area contributed by atoms with Crippen LogP contribution in [0.1, 0.15) is 18.5 Å². The summed E-state index contributed by atoms with van der Waals surface area (Å²) in [5.74, 6) is 1.18. The molecule has 104 valence electrons. The molecule has 0 bridgehead atoms. The van der Waals surface area contributed by atoms with Gasteiger partial charge in [0.05, 0.1) is 13.7 Å². The van der Waals surface area contributed by atoms with E-state index in [1.807, 2.05) is 19.1 Å². The first-order valence-corrected chi connectivity index (χ1v) is 6.80. The molecule has 0 aliphatic carbocycles. The zero-order valence-corrected chi connectivity index (χ0v) is 12.5.